The van der Waals surface area contributed by atoms with Crippen LogP contribution in [0.5, 0.6) is 0 Å². The van der Waals surface area contributed by atoms with Crippen molar-refractivity contribution in [2.75, 3.05) is 4.90 Å². The van der Waals surface area contributed by atoms with Crippen molar-refractivity contribution in [3.8, 4) is 0 Å². The van der Waals surface area contributed by atoms with E-state index in [9.17, 15) is 22.8 Å². The molecular weight excluding hydrogens is 523 g/mol. The number of hydrogen-bond donors (Lipinski definition) is 0. The third kappa shape index (κ3) is 3.63. The number of anilines is 1. The molecule has 0 saturated carbocycles. The average molecular weight is 535 g/mol. The van der Waals surface area contributed by atoms with E-state index >= 15 is 0 Å². The number of amides is 1. The second-order valence-corrected chi connectivity index (χ2v) is 8.84. The Bertz CT molecular complexity index is 1480. The van der Waals surface area contributed by atoms with E-state index in [0.717, 1.165) is 17.0 Å². The molecule has 9 heteroatoms. The predicted molar refractivity (Wildman–Crippen MR) is 122 cm³/mol. The number of nitrogens with zero attached hydrogens (tertiary/aromatic N) is 1. The van der Waals surface area contributed by atoms with E-state index in [2.05, 4.69) is 15.9 Å². The molecule has 0 radical (unpaired) electrons. The van der Waals surface area contributed by atoms with Gasteiger partial charge in [-0.1, -0.05) is 45.7 Å². The summed E-state index contributed by atoms with van der Waals surface area (Å²) in [5, 5.41) is 0.684. The third-order valence-corrected chi connectivity index (χ3v) is 6.21. The van der Waals surface area contributed by atoms with Crippen LogP contribution in [0.25, 0.3) is 11.0 Å². The summed E-state index contributed by atoms with van der Waals surface area (Å²) in [5.74, 6) is -0.904. The van der Waals surface area contributed by atoms with Crippen molar-refractivity contribution in [2.45, 2.75) is 12.2 Å². The van der Waals surface area contributed by atoms with Crippen LogP contribution in [-0.2, 0) is 6.18 Å². The lowest BCUT2D eigenvalue weighted by atomic mass is 9.98. The molecule has 0 aliphatic carbocycles. The van der Waals surface area contributed by atoms with Crippen LogP contribution in [0.1, 0.15) is 33.3 Å². The Morgan fingerprint density at radius 3 is 2.39 bits per heavy atom. The maximum atomic E-state index is 13.5. The zero-order valence-corrected chi connectivity index (χ0v) is 18.8. The molecule has 3 aromatic carbocycles. The molecule has 0 N–H and O–H groups in total. The van der Waals surface area contributed by atoms with Gasteiger partial charge in [-0.15, -0.1) is 0 Å². The molecule has 2 heterocycles. The SMILES string of the molecule is O=C1c2oc3ccc(Br)cc3c(=O)c2C(c2ccc(Cl)cc2)N1c1cccc(C(F)(F)F)c1. The minimum absolute atomic E-state index is 0.00851. The fraction of sp³-hybridized carbons (Fsp3) is 0.0833. The Kier molecular flexibility index (Phi) is 5.10. The Morgan fingerprint density at radius 1 is 0.970 bits per heavy atom. The number of halogens is 5. The van der Waals surface area contributed by atoms with Crippen LogP contribution in [0.3, 0.4) is 0 Å². The van der Waals surface area contributed by atoms with E-state index in [0.29, 0.717) is 15.1 Å². The van der Waals surface area contributed by atoms with Crippen molar-refractivity contribution in [3.63, 3.8) is 0 Å². The minimum Gasteiger partial charge on any atom is -0.450 e. The van der Waals surface area contributed by atoms with Crippen molar-refractivity contribution in [2.24, 2.45) is 0 Å². The Labute approximate surface area is 198 Å². The van der Waals surface area contributed by atoms with Gasteiger partial charge in [0.05, 0.1) is 22.6 Å². The van der Waals surface area contributed by atoms with Gasteiger partial charge in [0.1, 0.15) is 5.58 Å². The molecule has 0 saturated heterocycles. The zero-order chi connectivity index (χ0) is 23.5. The molecule has 1 aliphatic heterocycles. The van der Waals surface area contributed by atoms with E-state index in [-0.39, 0.29) is 28.0 Å². The van der Waals surface area contributed by atoms with Gasteiger partial charge in [-0.25, -0.2) is 0 Å². The van der Waals surface area contributed by atoms with E-state index in [1.807, 2.05) is 0 Å². The topological polar surface area (TPSA) is 50.5 Å². The van der Waals surface area contributed by atoms with E-state index in [1.54, 1.807) is 42.5 Å². The summed E-state index contributed by atoms with van der Waals surface area (Å²) >= 11 is 9.33. The molecule has 5 rings (SSSR count). The van der Waals surface area contributed by atoms with Crippen LogP contribution >= 0.6 is 27.5 Å². The van der Waals surface area contributed by atoms with Crippen LogP contribution < -0.4 is 10.3 Å². The van der Waals surface area contributed by atoms with Gasteiger partial charge in [0.15, 0.2) is 5.43 Å². The van der Waals surface area contributed by atoms with Crippen LogP contribution in [0.15, 0.2) is 80.4 Å². The van der Waals surface area contributed by atoms with Gasteiger partial charge in [-0.05, 0) is 54.1 Å². The molecule has 4 nitrogen and oxygen atoms in total. The first-order valence-corrected chi connectivity index (χ1v) is 10.8. The number of rotatable bonds is 2. The monoisotopic (exact) mass is 533 g/mol. The van der Waals surface area contributed by atoms with Gasteiger partial charge in [0, 0.05) is 15.2 Å². The van der Waals surface area contributed by atoms with Crippen molar-refractivity contribution >= 4 is 50.1 Å². The number of carbonyl (C=O) groups excluding carboxylic acids is 1. The van der Waals surface area contributed by atoms with Crippen molar-refractivity contribution in [1.82, 2.24) is 0 Å². The van der Waals surface area contributed by atoms with Crippen LogP contribution in [0.2, 0.25) is 5.02 Å². The van der Waals surface area contributed by atoms with Crippen LogP contribution in [0.4, 0.5) is 18.9 Å². The lowest BCUT2D eigenvalue weighted by Gasteiger charge is -2.26. The standard InChI is InChI=1S/C24H12BrClF3NO3/c25-14-6-9-18-17(11-14)21(31)19-20(12-4-7-15(26)8-5-12)30(23(32)22(19)33-18)16-3-1-2-13(10-16)24(27,28)29/h1-11,20H. The highest BCUT2D eigenvalue weighted by atomic mass is 79.9. The fourth-order valence-corrected chi connectivity index (χ4v) is 4.49. The van der Waals surface area contributed by atoms with E-state index in [1.165, 1.54) is 12.1 Å². The Morgan fingerprint density at radius 2 is 1.70 bits per heavy atom. The molecule has 4 aromatic rings. The van der Waals surface area contributed by atoms with Gasteiger partial charge >= 0.3 is 6.18 Å². The quantitative estimate of drug-likeness (QED) is 0.279. The van der Waals surface area contributed by atoms with Gasteiger partial charge in [0.2, 0.25) is 5.76 Å². The van der Waals surface area contributed by atoms with Gasteiger partial charge in [0.25, 0.3) is 5.91 Å². The molecule has 0 fully saturated rings. The molecule has 1 aliphatic rings. The van der Waals surface area contributed by atoms with Crippen molar-refractivity contribution < 1.29 is 22.4 Å². The molecule has 166 valence electrons. The molecule has 0 spiro atoms. The summed E-state index contributed by atoms with van der Waals surface area (Å²) in [6, 6.07) is 14.6. The highest BCUT2D eigenvalue weighted by molar-refractivity contribution is 9.10. The molecule has 1 atom stereocenters. The van der Waals surface area contributed by atoms with Crippen LogP contribution in [-0.4, -0.2) is 5.91 Å². The largest absolute Gasteiger partial charge is 0.450 e. The summed E-state index contributed by atoms with van der Waals surface area (Å²) in [6.45, 7) is 0. The first-order chi connectivity index (χ1) is 15.6. The maximum Gasteiger partial charge on any atom is 0.416 e. The van der Waals surface area contributed by atoms with Gasteiger partial charge in [-0.3, -0.25) is 14.5 Å². The summed E-state index contributed by atoms with van der Waals surface area (Å²) in [7, 11) is 0. The molecule has 33 heavy (non-hydrogen) atoms. The number of alkyl halides is 3. The fourth-order valence-electron chi connectivity index (χ4n) is 4.00. The van der Waals surface area contributed by atoms with Gasteiger partial charge in [-0.2, -0.15) is 13.2 Å². The molecule has 0 bridgehead atoms. The number of benzene rings is 3. The van der Waals surface area contributed by atoms with E-state index < -0.39 is 29.1 Å². The predicted octanol–water partition coefficient (Wildman–Crippen LogP) is 6.98. The second kappa shape index (κ2) is 7.74. The molecular formula is C24H12BrClF3NO3. The highest BCUT2D eigenvalue weighted by Crippen LogP contribution is 2.43. The summed E-state index contributed by atoms with van der Waals surface area (Å²) < 4.78 is 46.6. The molecule has 1 amide bonds. The zero-order valence-electron chi connectivity index (χ0n) is 16.5. The van der Waals surface area contributed by atoms with Crippen molar-refractivity contribution in [1.29, 1.82) is 0 Å². The number of carbonyl (C=O) groups is 1. The molecule has 1 aromatic heterocycles. The second-order valence-electron chi connectivity index (χ2n) is 7.49. The Hall–Kier alpha value is -3.10. The lowest BCUT2D eigenvalue weighted by Crippen LogP contribution is -2.29. The lowest BCUT2D eigenvalue weighted by molar-refractivity contribution is -0.137. The average Bonchev–Trinajstić information content (AvgIpc) is 3.07. The minimum atomic E-state index is -4.60. The Balaban J connectivity index is 1.79. The normalized spacial score (nSPS) is 15.8. The maximum absolute atomic E-state index is 13.5. The third-order valence-electron chi connectivity index (χ3n) is 5.47. The summed E-state index contributed by atoms with van der Waals surface area (Å²) in [6.07, 6.45) is -4.60. The van der Waals surface area contributed by atoms with E-state index in [4.69, 9.17) is 16.0 Å². The molecule has 1 unspecified atom stereocenters. The first-order valence-electron chi connectivity index (χ1n) is 9.67. The smallest absolute Gasteiger partial charge is 0.416 e. The summed E-state index contributed by atoms with van der Waals surface area (Å²) in [4.78, 5) is 28.1. The summed E-state index contributed by atoms with van der Waals surface area (Å²) in [5.41, 5.74) is -0.583. The van der Waals surface area contributed by atoms with Gasteiger partial charge < -0.3 is 4.42 Å². The van der Waals surface area contributed by atoms with Crippen LogP contribution in [0, 0.1) is 0 Å². The number of fused-ring (bicyclic) bond motifs is 2. The van der Waals surface area contributed by atoms with Crippen molar-refractivity contribution in [3.05, 3.63) is 109 Å². The first kappa shape index (κ1) is 21.7. The number of hydrogen-bond acceptors (Lipinski definition) is 3. The highest BCUT2D eigenvalue weighted by Gasteiger charge is 2.44.